The van der Waals surface area contributed by atoms with E-state index >= 15 is 0 Å². The Hall–Kier alpha value is -1.25. The van der Waals surface area contributed by atoms with Gasteiger partial charge in [0.15, 0.2) is 12.4 Å². The minimum absolute atomic E-state index is 0.0305. The fourth-order valence-electron chi connectivity index (χ4n) is 2.04. The summed E-state index contributed by atoms with van der Waals surface area (Å²) in [5.41, 5.74) is 1.09. The molecule has 7 heteroatoms. The summed E-state index contributed by atoms with van der Waals surface area (Å²) in [5.74, 6) is 0.523. The highest BCUT2D eigenvalue weighted by Gasteiger charge is 2.42. The summed E-state index contributed by atoms with van der Waals surface area (Å²) in [6, 6.07) is 7.27. The van der Waals surface area contributed by atoms with Crippen LogP contribution in [0.25, 0.3) is 0 Å². The van der Waals surface area contributed by atoms with Gasteiger partial charge in [-0.15, -0.1) is 0 Å². The Bertz CT molecular complexity index is 491. The lowest BCUT2D eigenvalue weighted by molar-refractivity contribution is -0.265. The summed E-state index contributed by atoms with van der Waals surface area (Å²) < 4.78 is 21.5. The molecule has 0 spiro atoms. The summed E-state index contributed by atoms with van der Waals surface area (Å²) in [7, 11) is 0. The molecule has 1 fully saturated rings. The van der Waals surface area contributed by atoms with E-state index in [0.717, 1.165) is 5.56 Å². The van der Waals surface area contributed by atoms with Crippen LogP contribution < -0.4 is 4.74 Å². The first-order valence-electron chi connectivity index (χ1n) is 7.05. The van der Waals surface area contributed by atoms with Crippen LogP contribution in [-0.2, 0) is 14.2 Å². The number of hydrogen-bond donors (Lipinski definition) is 2. The number of ether oxygens (including phenoxy) is 4. The second-order valence-electron chi connectivity index (χ2n) is 4.96. The second kappa shape index (κ2) is 7.85. The Kier molecular flexibility index (Phi) is 6.10. The first-order valence-corrected chi connectivity index (χ1v) is 7.46. The van der Waals surface area contributed by atoms with Gasteiger partial charge in [0.25, 0.3) is 0 Å². The molecule has 1 aromatic carbocycles. The van der Waals surface area contributed by atoms with E-state index in [9.17, 15) is 10.2 Å². The fraction of sp³-hybridized carbons (Fsp3) is 0.533. The monoisotopic (exact) mass is 328 g/mol. The van der Waals surface area contributed by atoms with Crippen molar-refractivity contribution in [3.05, 3.63) is 29.8 Å². The van der Waals surface area contributed by atoms with Crippen LogP contribution in [0.5, 0.6) is 5.75 Å². The van der Waals surface area contributed by atoms with Gasteiger partial charge in [0.05, 0.1) is 6.61 Å². The lowest BCUT2D eigenvalue weighted by Gasteiger charge is -2.37. The molecule has 1 heterocycles. The molecule has 2 N–H and O–H groups in total. The number of thiocarbonyl (C=S) groups is 1. The third-order valence-electron chi connectivity index (χ3n) is 3.22. The number of aliphatic hydroxyl groups excluding tert-OH is 2. The molecule has 1 aromatic rings. The van der Waals surface area contributed by atoms with Crippen molar-refractivity contribution < 1.29 is 29.2 Å². The van der Waals surface area contributed by atoms with E-state index in [2.05, 4.69) is 0 Å². The highest BCUT2D eigenvalue weighted by molar-refractivity contribution is 7.79. The highest BCUT2D eigenvalue weighted by atomic mass is 32.1. The van der Waals surface area contributed by atoms with Gasteiger partial charge in [0.1, 0.15) is 18.0 Å². The molecule has 22 heavy (non-hydrogen) atoms. The molecular weight excluding hydrogens is 308 g/mol. The van der Waals surface area contributed by atoms with Crippen molar-refractivity contribution in [1.29, 1.82) is 0 Å². The van der Waals surface area contributed by atoms with Crippen molar-refractivity contribution in [1.82, 2.24) is 0 Å². The Morgan fingerprint density at radius 3 is 2.64 bits per heavy atom. The summed E-state index contributed by atoms with van der Waals surface area (Å²) in [6.45, 7) is 4.09. The maximum atomic E-state index is 10.0. The third kappa shape index (κ3) is 4.37. The zero-order valence-corrected chi connectivity index (χ0v) is 13.3. The molecule has 1 aliphatic heterocycles. The largest absolute Gasteiger partial charge is 0.445 e. The lowest BCUT2D eigenvalue weighted by Crippen LogP contribution is -2.55. The molecule has 0 unspecified atom stereocenters. The molecule has 122 valence electrons. The van der Waals surface area contributed by atoms with E-state index in [4.69, 9.17) is 31.2 Å². The van der Waals surface area contributed by atoms with Crippen LogP contribution in [0.3, 0.4) is 0 Å². The molecule has 6 nitrogen and oxygen atoms in total. The first-order chi connectivity index (χ1) is 10.5. The van der Waals surface area contributed by atoms with Gasteiger partial charge in [-0.25, -0.2) is 0 Å². The van der Waals surface area contributed by atoms with Gasteiger partial charge in [0, 0.05) is 18.8 Å². The molecular formula is C15H20O6S. The van der Waals surface area contributed by atoms with Crippen LogP contribution in [0.1, 0.15) is 12.5 Å². The average Bonchev–Trinajstić information content (AvgIpc) is 2.49. The van der Waals surface area contributed by atoms with E-state index in [1.807, 2.05) is 19.1 Å². The van der Waals surface area contributed by atoms with E-state index in [1.165, 1.54) is 0 Å². The number of hydrogen-bond acceptors (Lipinski definition) is 7. The average molecular weight is 328 g/mol. The van der Waals surface area contributed by atoms with Gasteiger partial charge < -0.3 is 29.2 Å². The highest BCUT2D eigenvalue weighted by Crippen LogP contribution is 2.21. The maximum absolute atomic E-state index is 10.0. The van der Waals surface area contributed by atoms with Gasteiger partial charge in [-0.3, -0.25) is 0 Å². The first kappa shape index (κ1) is 17.1. The molecule has 1 aliphatic rings. The molecule has 0 aliphatic carbocycles. The third-order valence-corrected chi connectivity index (χ3v) is 3.40. The predicted molar refractivity (Wildman–Crippen MR) is 82.7 cm³/mol. The molecule has 0 amide bonds. The maximum Gasteiger partial charge on any atom is 0.358 e. The molecule has 4 atom stereocenters. The van der Waals surface area contributed by atoms with E-state index in [1.54, 1.807) is 19.1 Å². The smallest absolute Gasteiger partial charge is 0.358 e. The van der Waals surface area contributed by atoms with Crippen LogP contribution in [0.2, 0.25) is 0 Å². The number of aryl methyl sites for hydroxylation is 1. The molecule has 0 saturated carbocycles. The van der Waals surface area contributed by atoms with Crippen LogP contribution in [0, 0.1) is 6.92 Å². The zero-order chi connectivity index (χ0) is 16.1. The predicted octanol–water partition coefficient (Wildman–Crippen LogP) is 1.16. The van der Waals surface area contributed by atoms with Crippen molar-refractivity contribution in [2.24, 2.45) is 0 Å². The normalized spacial score (nSPS) is 28.2. The van der Waals surface area contributed by atoms with E-state index in [0.29, 0.717) is 12.4 Å². The molecule has 0 bridgehead atoms. The molecule has 1 saturated heterocycles. The van der Waals surface area contributed by atoms with Gasteiger partial charge >= 0.3 is 5.24 Å². The summed E-state index contributed by atoms with van der Waals surface area (Å²) in [4.78, 5) is 0. The van der Waals surface area contributed by atoms with Crippen molar-refractivity contribution in [2.75, 3.05) is 13.2 Å². The van der Waals surface area contributed by atoms with Gasteiger partial charge in [-0.2, -0.15) is 0 Å². The van der Waals surface area contributed by atoms with Gasteiger partial charge in [0.2, 0.25) is 0 Å². The molecule has 0 aromatic heterocycles. The Morgan fingerprint density at radius 1 is 1.32 bits per heavy atom. The topological polar surface area (TPSA) is 77.4 Å². The number of rotatable bonds is 4. The van der Waals surface area contributed by atoms with E-state index < -0.39 is 24.6 Å². The van der Waals surface area contributed by atoms with Crippen LogP contribution in [0.15, 0.2) is 24.3 Å². The quantitative estimate of drug-likeness (QED) is 0.803. The van der Waals surface area contributed by atoms with Crippen molar-refractivity contribution >= 4 is 17.5 Å². The van der Waals surface area contributed by atoms with Crippen molar-refractivity contribution in [3.63, 3.8) is 0 Å². The minimum Gasteiger partial charge on any atom is -0.445 e. The minimum atomic E-state index is -1.18. The van der Waals surface area contributed by atoms with Crippen LogP contribution >= 0.6 is 12.2 Å². The lowest BCUT2D eigenvalue weighted by atomic mass is 10.1. The Morgan fingerprint density at radius 2 is 2.00 bits per heavy atom. The molecule has 0 radical (unpaired) electrons. The Labute approximate surface area is 134 Å². The Balaban J connectivity index is 1.98. The van der Waals surface area contributed by atoms with Gasteiger partial charge in [-0.1, -0.05) is 17.7 Å². The van der Waals surface area contributed by atoms with Gasteiger partial charge in [-0.05, 0) is 26.0 Å². The fourth-order valence-corrected chi connectivity index (χ4v) is 2.24. The second-order valence-corrected chi connectivity index (χ2v) is 5.30. The van der Waals surface area contributed by atoms with Crippen molar-refractivity contribution in [3.8, 4) is 5.75 Å². The zero-order valence-electron chi connectivity index (χ0n) is 12.5. The van der Waals surface area contributed by atoms with E-state index in [-0.39, 0.29) is 11.8 Å². The SMILES string of the molecule is CCO[C@H]1OC[C@@H](O)[C@H](O)[C@H]1OC(=S)Oc1ccc(C)cc1. The number of benzene rings is 1. The standard InChI is InChI=1S/C15H20O6S/c1-3-18-14-13(12(17)11(16)8-19-14)21-15(22)20-10-6-4-9(2)5-7-10/h4-7,11-14,16-17H,3,8H2,1-2H3/t11-,12+,13-,14+/m1/s1. The summed E-state index contributed by atoms with van der Waals surface area (Å²) in [5, 5.41) is 19.5. The molecule has 2 rings (SSSR count). The number of aliphatic hydroxyl groups is 2. The van der Waals surface area contributed by atoms with Crippen LogP contribution in [0.4, 0.5) is 0 Å². The van der Waals surface area contributed by atoms with Crippen LogP contribution in [-0.4, -0.2) is 53.3 Å². The summed E-state index contributed by atoms with van der Waals surface area (Å²) in [6.07, 6.45) is -4.02. The summed E-state index contributed by atoms with van der Waals surface area (Å²) >= 11 is 5.03. The van der Waals surface area contributed by atoms with Crippen molar-refractivity contribution in [2.45, 2.75) is 38.4 Å².